The highest BCUT2D eigenvalue weighted by molar-refractivity contribution is 5.82. The highest BCUT2D eigenvalue weighted by Gasteiger charge is 2.38. The number of hydrogen-bond donors (Lipinski definition) is 1. The van der Waals surface area contributed by atoms with Crippen LogP contribution >= 0.6 is 0 Å². The average Bonchev–Trinajstić information content (AvgIpc) is 3.40. The molecular weight excluding hydrogens is 462 g/mol. The van der Waals surface area contributed by atoms with Gasteiger partial charge >= 0.3 is 6.61 Å². The van der Waals surface area contributed by atoms with Gasteiger partial charge in [0.15, 0.2) is 6.29 Å². The summed E-state index contributed by atoms with van der Waals surface area (Å²) < 4.78 is 33.5. The van der Waals surface area contributed by atoms with Crippen molar-refractivity contribution in [2.24, 2.45) is 5.41 Å². The maximum Gasteiger partial charge on any atom is 0.387 e. The van der Waals surface area contributed by atoms with Crippen molar-refractivity contribution in [3.05, 3.63) is 58.9 Å². The van der Waals surface area contributed by atoms with Crippen LogP contribution in [0.3, 0.4) is 0 Å². The van der Waals surface area contributed by atoms with E-state index in [4.69, 9.17) is 9.72 Å². The Bertz CT molecular complexity index is 1350. The van der Waals surface area contributed by atoms with Gasteiger partial charge in [-0.05, 0) is 71.1 Å². The van der Waals surface area contributed by atoms with E-state index in [1.807, 2.05) is 32.3 Å². The van der Waals surface area contributed by atoms with E-state index in [2.05, 4.69) is 33.5 Å². The number of nitrogens with zero attached hydrogens (tertiary/aromatic N) is 3. The molecule has 3 aromatic rings. The van der Waals surface area contributed by atoms with Crippen molar-refractivity contribution >= 4 is 17.3 Å². The van der Waals surface area contributed by atoms with Gasteiger partial charge in [-0.1, -0.05) is 24.0 Å². The molecule has 1 aromatic heterocycles. The molecule has 0 spiro atoms. The first-order valence-corrected chi connectivity index (χ1v) is 12.2. The number of ether oxygens (including phenoxy) is 1. The first-order chi connectivity index (χ1) is 17.3. The number of alkyl halides is 2. The summed E-state index contributed by atoms with van der Waals surface area (Å²) >= 11 is 0. The molecule has 2 aromatic carbocycles. The zero-order chi connectivity index (χ0) is 25.4. The molecule has 0 aliphatic carbocycles. The molecule has 6 nitrogen and oxygen atoms in total. The molecule has 2 aliphatic heterocycles. The summed E-state index contributed by atoms with van der Waals surface area (Å²) in [5, 5.41) is 3.42. The largest absolute Gasteiger partial charge is 0.434 e. The Kier molecular flexibility index (Phi) is 6.54. The highest BCUT2D eigenvalue weighted by atomic mass is 19.3. The molecule has 0 radical (unpaired) electrons. The molecule has 0 saturated carbocycles. The lowest BCUT2D eigenvalue weighted by Gasteiger charge is -2.28. The number of carbonyl (C=O) groups excluding carboxylic acids is 1. The molecule has 188 valence electrons. The molecule has 36 heavy (non-hydrogen) atoms. The molecule has 1 saturated heterocycles. The van der Waals surface area contributed by atoms with Gasteiger partial charge in [0.05, 0.1) is 23.1 Å². The fourth-order valence-electron chi connectivity index (χ4n) is 5.47. The van der Waals surface area contributed by atoms with Crippen LogP contribution in [0.4, 0.5) is 8.78 Å². The Morgan fingerprint density at radius 1 is 1.31 bits per heavy atom. The number of benzene rings is 2. The zero-order valence-corrected chi connectivity index (χ0v) is 20.7. The first-order valence-electron chi connectivity index (χ1n) is 12.2. The minimum absolute atomic E-state index is 0.0143. The lowest BCUT2D eigenvalue weighted by molar-refractivity contribution is -0.0507. The predicted molar refractivity (Wildman–Crippen MR) is 134 cm³/mol. The normalized spacial score (nSPS) is 23.5. The molecule has 2 aliphatic rings. The van der Waals surface area contributed by atoms with Crippen LogP contribution in [0, 0.1) is 17.3 Å². The van der Waals surface area contributed by atoms with E-state index in [-0.39, 0.29) is 17.2 Å². The van der Waals surface area contributed by atoms with E-state index in [0.29, 0.717) is 23.8 Å². The Labute approximate surface area is 209 Å². The van der Waals surface area contributed by atoms with Crippen molar-refractivity contribution in [3.8, 4) is 17.6 Å². The van der Waals surface area contributed by atoms with Crippen LogP contribution in [0.2, 0.25) is 0 Å². The van der Waals surface area contributed by atoms with Gasteiger partial charge in [0.2, 0.25) is 0 Å². The minimum atomic E-state index is -2.99. The molecule has 1 N–H and O–H groups in total. The van der Waals surface area contributed by atoms with Crippen LogP contribution in [-0.4, -0.2) is 54.5 Å². The van der Waals surface area contributed by atoms with Crippen molar-refractivity contribution in [1.82, 2.24) is 19.8 Å². The van der Waals surface area contributed by atoms with E-state index in [1.165, 1.54) is 6.07 Å². The van der Waals surface area contributed by atoms with Crippen LogP contribution in [0.15, 0.2) is 36.4 Å². The third-order valence-corrected chi connectivity index (χ3v) is 7.28. The van der Waals surface area contributed by atoms with Gasteiger partial charge in [-0.3, -0.25) is 9.69 Å². The molecule has 3 atom stereocenters. The first kappa shape index (κ1) is 24.4. The van der Waals surface area contributed by atoms with Gasteiger partial charge in [-0.2, -0.15) is 8.78 Å². The van der Waals surface area contributed by atoms with Gasteiger partial charge in [0, 0.05) is 28.7 Å². The fraction of sp³-hybridized carbons (Fsp3) is 0.429. The third kappa shape index (κ3) is 4.49. The third-order valence-electron chi connectivity index (χ3n) is 7.28. The fourth-order valence-corrected chi connectivity index (χ4v) is 5.47. The van der Waals surface area contributed by atoms with Crippen molar-refractivity contribution < 1.29 is 18.3 Å². The molecule has 0 bridgehead atoms. The Morgan fingerprint density at radius 3 is 2.83 bits per heavy atom. The zero-order valence-electron chi connectivity index (χ0n) is 20.7. The summed E-state index contributed by atoms with van der Waals surface area (Å²) in [4.78, 5) is 18.9. The standard InChI is InChI=1S/C28H30F2N4O2/c1-28(11-5-13-31-17-28)12-10-18-8-9-20-21(14-18)34-22(15-23(33(2)3)26(34)32-20)25-19(16-35)6-4-7-24(25)36-27(29)30/h4,6-9,14,16,22-23,27,31H,5,11,13,15,17H2,1-3H3/t22-,23?,28?/m1/s1. The van der Waals surface area contributed by atoms with E-state index >= 15 is 0 Å². The number of hydrogen-bond acceptors (Lipinski definition) is 5. The summed E-state index contributed by atoms with van der Waals surface area (Å²) in [7, 11) is 3.93. The second-order valence-corrected chi connectivity index (χ2v) is 10.1. The summed E-state index contributed by atoms with van der Waals surface area (Å²) in [6.45, 7) is 1.08. The number of aldehydes is 1. The lowest BCUT2D eigenvalue weighted by Crippen LogP contribution is -2.36. The van der Waals surface area contributed by atoms with E-state index in [0.717, 1.165) is 48.4 Å². The van der Waals surface area contributed by atoms with Crippen molar-refractivity contribution in [3.63, 3.8) is 0 Å². The molecule has 0 amide bonds. The number of carbonyl (C=O) groups is 1. The molecule has 8 heteroatoms. The summed E-state index contributed by atoms with van der Waals surface area (Å²) in [5.74, 6) is 7.66. The molecule has 5 rings (SSSR count). The predicted octanol–water partition coefficient (Wildman–Crippen LogP) is 4.79. The number of imidazole rings is 1. The lowest BCUT2D eigenvalue weighted by atomic mass is 9.83. The van der Waals surface area contributed by atoms with Gasteiger partial charge in [0.1, 0.15) is 11.6 Å². The molecule has 2 unspecified atom stereocenters. The summed E-state index contributed by atoms with van der Waals surface area (Å²) in [5.41, 5.74) is 3.25. The second kappa shape index (κ2) is 9.64. The Balaban J connectivity index is 1.64. The quantitative estimate of drug-likeness (QED) is 0.410. The van der Waals surface area contributed by atoms with Crippen LogP contribution < -0.4 is 10.1 Å². The topological polar surface area (TPSA) is 59.4 Å². The average molecular weight is 493 g/mol. The number of fused-ring (bicyclic) bond motifs is 3. The summed E-state index contributed by atoms with van der Waals surface area (Å²) in [6, 6.07) is 10.2. The van der Waals surface area contributed by atoms with Crippen molar-refractivity contribution in [2.45, 2.75) is 44.9 Å². The van der Waals surface area contributed by atoms with Gasteiger partial charge in [-0.15, -0.1) is 0 Å². The molecule has 3 heterocycles. The Morgan fingerprint density at radius 2 is 2.14 bits per heavy atom. The highest BCUT2D eigenvalue weighted by Crippen LogP contribution is 2.46. The van der Waals surface area contributed by atoms with Crippen molar-refractivity contribution in [1.29, 1.82) is 0 Å². The van der Waals surface area contributed by atoms with Crippen LogP contribution in [-0.2, 0) is 0 Å². The smallest absolute Gasteiger partial charge is 0.387 e. The molecular formula is C28H30F2N4O2. The van der Waals surface area contributed by atoms with Crippen LogP contribution in [0.5, 0.6) is 5.75 Å². The number of piperidine rings is 1. The Hall–Kier alpha value is -3.28. The monoisotopic (exact) mass is 492 g/mol. The van der Waals surface area contributed by atoms with Crippen LogP contribution in [0.1, 0.15) is 65.6 Å². The number of nitrogens with one attached hydrogen (secondary N) is 1. The van der Waals surface area contributed by atoms with E-state index < -0.39 is 12.7 Å². The number of halogens is 2. The number of rotatable bonds is 5. The van der Waals surface area contributed by atoms with Gasteiger partial charge in [0.25, 0.3) is 0 Å². The molecule has 1 fully saturated rings. The van der Waals surface area contributed by atoms with E-state index in [1.54, 1.807) is 12.1 Å². The van der Waals surface area contributed by atoms with Crippen LogP contribution in [0.25, 0.3) is 11.0 Å². The SMILES string of the molecule is CN(C)C1C[C@H](c2c(C=O)cccc2OC(F)F)n2c1nc1ccc(C#CC3(C)CCCNC3)cc12. The van der Waals surface area contributed by atoms with Crippen molar-refractivity contribution in [2.75, 3.05) is 27.2 Å². The number of aromatic nitrogens is 2. The minimum Gasteiger partial charge on any atom is -0.434 e. The second-order valence-electron chi connectivity index (χ2n) is 10.1. The van der Waals surface area contributed by atoms with E-state index in [9.17, 15) is 13.6 Å². The van der Waals surface area contributed by atoms with Gasteiger partial charge < -0.3 is 14.6 Å². The maximum absolute atomic E-state index is 13.3. The maximum atomic E-state index is 13.3. The van der Waals surface area contributed by atoms with Gasteiger partial charge in [-0.25, -0.2) is 4.98 Å². The summed E-state index contributed by atoms with van der Waals surface area (Å²) in [6.07, 6.45) is 3.44.